The van der Waals surface area contributed by atoms with Gasteiger partial charge in [0, 0.05) is 57.6 Å². The first kappa shape index (κ1) is 33.3. The number of piperazine rings is 1. The Balaban J connectivity index is 1.41. The summed E-state index contributed by atoms with van der Waals surface area (Å²) in [5, 5.41) is 48.0. The number of likely N-dealkylation sites (N-methyl/N-ethyl adjacent to an activating group) is 1. The Hall–Kier alpha value is -5.16. The SMILES string of the molecule is COc1c(C)c(OC)c2c(c1O)[C@H]1[C@@H]3Cc4c(OC)c(C)c(CO)c(O)c4[C@H](CNC(=O)c4cnc5ccccc5n4)N3[C@@H](C#N)[C@H](C2)N1C. The molecule has 7 rings (SSSR count). The van der Waals surface area contributed by atoms with Crippen LogP contribution in [0.1, 0.15) is 61.5 Å². The van der Waals surface area contributed by atoms with Gasteiger partial charge in [-0.15, -0.1) is 0 Å². The molecule has 260 valence electrons. The number of para-hydroxylation sites is 2. The van der Waals surface area contributed by atoms with E-state index in [-0.39, 0.29) is 29.8 Å². The molecule has 3 aliphatic rings. The molecule has 4 heterocycles. The van der Waals surface area contributed by atoms with Crippen molar-refractivity contribution in [2.45, 2.75) is 63.5 Å². The number of methoxy groups -OCH3 is 3. The molecular weight excluding hydrogens is 640 g/mol. The Bertz CT molecular complexity index is 2080. The molecule has 13 heteroatoms. The number of hydrogen-bond acceptors (Lipinski definition) is 12. The number of rotatable bonds is 7. The van der Waals surface area contributed by atoms with E-state index in [0.717, 1.165) is 5.56 Å². The van der Waals surface area contributed by atoms with Crippen LogP contribution in [0.5, 0.6) is 28.7 Å². The van der Waals surface area contributed by atoms with Crippen LogP contribution in [0.3, 0.4) is 0 Å². The van der Waals surface area contributed by atoms with Gasteiger partial charge in [0.1, 0.15) is 29.0 Å². The molecule has 0 unspecified atom stereocenters. The molecular formula is C37H40N6O7. The Kier molecular flexibility index (Phi) is 8.42. The quantitative estimate of drug-likeness (QED) is 0.225. The van der Waals surface area contributed by atoms with Gasteiger partial charge in [-0.25, -0.2) is 4.98 Å². The van der Waals surface area contributed by atoms with Gasteiger partial charge in [0.2, 0.25) is 0 Å². The van der Waals surface area contributed by atoms with E-state index in [9.17, 15) is 25.4 Å². The number of ether oxygens (including phenoxy) is 3. The smallest absolute Gasteiger partial charge is 0.271 e. The van der Waals surface area contributed by atoms with Gasteiger partial charge in [-0.3, -0.25) is 19.6 Å². The average Bonchev–Trinajstić information content (AvgIpc) is 3.11. The lowest BCUT2D eigenvalue weighted by molar-refractivity contribution is -0.0724. The molecule has 1 saturated heterocycles. The maximum Gasteiger partial charge on any atom is 0.271 e. The highest BCUT2D eigenvalue weighted by Gasteiger charge is 2.57. The molecule has 1 fully saturated rings. The number of carbonyl (C=O) groups excluding carboxylic acids is 1. The number of hydrogen-bond donors (Lipinski definition) is 4. The zero-order valence-electron chi connectivity index (χ0n) is 28.8. The second kappa shape index (κ2) is 12.6. The highest BCUT2D eigenvalue weighted by Crippen LogP contribution is 2.58. The lowest BCUT2D eigenvalue weighted by Crippen LogP contribution is -2.68. The van der Waals surface area contributed by atoms with Crippen molar-refractivity contribution in [2.75, 3.05) is 34.9 Å². The molecule has 5 atom stereocenters. The molecule has 50 heavy (non-hydrogen) atoms. The minimum absolute atomic E-state index is 0.0117. The van der Waals surface area contributed by atoms with E-state index in [0.29, 0.717) is 74.5 Å². The summed E-state index contributed by atoms with van der Waals surface area (Å²) < 4.78 is 17.6. The molecule has 4 N–H and O–H groups in total. The molecule has 0 aliphatic carbocycles. The maximum absolute atomic E-state index is 13.7. The number of aromatic nitrogens is 2. The molecule has 0 saturated carbocycles. The normalized spacial score (nSPS) is 22.6. The third-order valence-corrected chi connectivity index (χ3v) is 10.9. The topological polar surface area (TPSA) is 174 Å². The first-order valence-corrected chi connectivity index (χ1v) is 16.5. The van der Waals surface area contributed by atoms with Crippen LogP contribution in [0, 0.1) is 25.2 Å². The molecule has 4 aromatic rings. The summed E-state index contributed by atoms with van der Waals surface area (Å²) in [4.78, 5) is 26.8. The number of aliphatic hydroxyl groups is 1. The van der Waals surface area contributed by atoms with Gasteiger partial charge in [-0.1, -0.05) is 12.1 Å². The van der Waals surface area contributed by atoms with Gasteiger partial charge in [-0.05, 0) is 45.9 Å². The molecule has 3 aliphatic heterocycles. The van der Waals surface area contributed by atoms with E-state index in [1.54, 1.807) is 27.2 Å². The van der Waals surface area contributed by atoms with Crippen molar-refractivity contribution in [3.63, 3.8) is 0 Å². The summed E-state index contributed by atoms with van der Waals surface area (Å²) in [5.74, 6) is 0.875. The van der Waals surface area contributed by atoms with Gasteiger partial charge >= 0.3 is 0 Å². The number of amides is 1. The standard InChI is InChI=1S/C37H40N6O7/c1-17-21(16-44)32(45)29-19(34(17)48-4)12-26-31-30-20(35(49-5)18(2)36(50-6)33(30)46)11-25(42(31)3)27(13-38)43(26)28(29)15-40-37(47)24-14-39-22-9-7-8-10-23(22)41-24/h7-10,14,25-28,31,44-46H,11-12,15-16H2,1-6H3,(H,40,47)/t25-,26-,27-,28-,31+/m0/s1. The van der Waals surface area contributed by atoms with Crippen molar-refractivity contribution in [3.8, 4) is 34.8 Å². The highest BCUT2D eigenvalue weighted by atomic mass is 16.5. The predicted molar refractivity (Wildman–Crippen MR) is 183 cm³/mol. The Morgan fingerprint density at radius 1 is 0.960 bits per heavy atom. The second-order valence-corrected chi connectivity index (χ2v) is 13.1. The Labute approximate surface area is 289 Å². The molecule has 0 radical (unpaired) electrons. The number of nitriles is 1. The zero-order chi connectivity index (χ0) is 35.6. The van der Waals surface area contributed by atoms with Crippen molar-refractivity contribution in [1.82, 2.24) is 25.1 Å². The van der Waals surface area contributed by atoms with Crippen LogP contribution >= 0.6 is 0 Å². The summed E-state index contributed by atoms with van der Waals surface area (Å²) in [7, 11) is 6.60. The van der Waals surface area contributed by atoms with Crippen LogP contribution in [-0.2, 0) is 19.4 Å². The minimum Gasteiger partial charge on any atom is -0.507 e. The first-order valence-electron chi connectivity index (χ1n) is 16.5. The number of nitrogens with one attached hydrogen (secondary N) is 1. The minimum atomic E-state index is -0.734. The van der Waals surface area contributed by atoms with Crippen LogP contribution in [0.25, 0.3) is 11.0 Å². The number of aliphatic hydroxyl groups excluding tert-OH is 1. The van der Waals surface area contributed by atoms with E-state index >= 15 is 0 Å². The second-order valence-electron chi connectivity index (χ2n) is 13.1. The van der Waals surface area contributed by atoms with E-state index in [1.165, 1.54) is 13.3 Å². The summed E-state index contributed by atoms with van der Waals surface area (Å²) in [5.41, 5.74) is 5.58. The first-order chi connectivity index (χ1) is 24.1. The number of aromatic hydroxyl groups is 2. The van der Waals surface area contributed by atoms with Gasteiger partial charge in [0.05, 0.1) is 63.3 Å². The maximum atomic E-state index is 13.7. The van der Waals surface area contributed by atoms with Crippen LogP contribution in [0.2, 0.25) is 0 Å². The lowest BCUT2D eigenvalue weighted by Gasteiger charge is -2.60. The average molecular weight is 681 g/mol. The van der Waals surface area contributed by atoms with Crippen molar-refractivity contribution in [2.24, 2.45) is 0 Å². The van der Waals surface area contributed by atoms with Crippen molar-refractivity contribution >= 4 is 16.9 Å². The Morgan fingerprint density at radius 2 is 1.60 bits per heavy atom. The third-order valence-electron chi connectivity index (χ3n) is 10.9. The monoisotopic (exact) mass is 680 g/mol. The van der Waals surface area contributed by atoms with Crippen LogP contribution in [0.4, 0.5) is 0 Å². The number of benzene rings is 3. The summed E-state index contributed by atoms with van der Waals surface area (Å²) in [6.07, 6.45) is 2.15. The molecule has 0 spiro atoms. The number of phenolic OH excluding ortho intramolecular Hbond substituents is 1. The van der Waals surface area contributed by atoms with E-state index in [2.05, 4.69) is 31.2 Å². The van der Waals surface area contributed by atoms with Gasteiger partial charge in [-0.2, -0.15) is 5.26 Å². The Morgan fingerprint density at radius 3 is 2.26 bits per heavy atom. The molecule has 1 amide bonds. The van der Waals surface area contributed by atoms with Gasteiger partial charge in [0.15, 0.2) is 11.5 Å². The molecule has 2 bridgehead atoms. The van der Waals surface area contributed by atoms with E-state index in [4.69, 9.17) is 14.2 Å². The van der Waals surface area contributed by atoms with Crippen molar-refractivity contribution in [3.05, 3.63) is 75.1 Å². The highest BCUT2D eigenvalue weighted by molar-refractivity contribution is 5.93. The molecule has 13 nitrogen and oxygen atoms in total. The summed E-state index contributed by atoms with van der Waals surface area (Å²) >= 11 is 0. The van der Waals surface area contributed by atoms with Crippen LogP contribution < -0.4 is 19.5 Å². The zero-order valence-corrected chi connectivity index (χ0v) is 28.8. The van der Waals surface area contributed by atoms with E-state index < -0.39 is 36.7 Å². The number of carbonyl (C=O) groups is 1. The number of phenols is 2. The fourth-order valence-electron chi connectivity index (χ4n) is 8.78. The third kappa shape index (κ3) is 4.74. The van der Waals surface area contributed by atoms with Gasteiger partial charge < -0.3 is 34.8 Å². The van der Waals surface area contributed by atoms with E-state index in [1.807, 2.05) is 32.2 Å². The van der Waals surface area contributed by atoms with Gasteiger partial charge in [0.25, 0.3) is 5.91 Å². The van der Waals surface area contributed by atoms with Crippen LogP contribution in [0.15, 0.2) is 30.5 Å². The lowest BCUT2D eigenvalue weighted by atomic mass is 9.71. The molecule has 3 aromatic carbocycles. The summed E-state index contributed by atoms with van der Waals surface area (Å²) in [6, 6.07) is 7.16. The number of fused-ring (bicyclic) bond motifs is 8. The fraction of sp³-hybridized carbons (Fsp3) is 0.405. The molecule has 1 aromatic heterocycles. The summed E-state index contributed by atoms with van der Waals surface area (Å²) in [6.45, 7) is 3.17. The van der Waals surface area contributed by atoms with Crippen molar-refractivity contribution in [1.29, 1.82) is 5.26 Å². The fourth-order valence-corrected chi connectivity index (χ4v) is 8.78. The number of nitrogens with zero attached hydrogens (tertiary/aromatic N) is 5. The largest absolute Gasteiger partial charge is 0.507 e. The van der Waals surface area contributed by atoms with Crippen LogP contribution in [-0.4, -0.2) is 94.0 Å². The van der Waals surface area contributed by atoms with Crippen molar-refractivity contribution < 1.29 is 34.3 Å². The predicted octanol–water partition coefficient (Wildman–Crippen LogP) is 3.38.